The number of carbonyl (C=O) groups is 2. The Morgan fingerprint density at radius 3 is 2.33 bits per heavy atom. The predicted molar refractivity (Wildman–Crippen MR) is 77.1 cm³/mol. The smallest absolute Gasteiger partial charge is 0.321 e. The van der Waals surface area contributed by atoms with Gasteiger partial charge in [-0.2, -0.15) is 0 Å². The monoisotopic (exact) mass is 318 g/mol. The summed E-state index contributed by atoms with van der Waals surface area (Å²) < 4.78 is 25.1. The van der Waals surface area contributed by atoms with Gasteiger partial charge in [0.2, 0.25) is 5.91 Å². The molecule has 1 amide bonds. The van der Waals surface area contributed by atoms with Gasteiger partial charge in [0.1, 0.15) is 17.7 Å². The topological polar surface area (TPSA) is 92.4 Å². The quantitative estimate of drug-likeness (QED) is 0.744. The molecule has 1 atom stereocenters. The number of nitrogens with one attached hydrogen (secondary N) is 1. The van der Waals surface area contributed by atoms with E-state index in [1.807, 2.05) is 0 Å². The molecule has 1 aromatic rings. The zero-order chi connectivity index (χ0) is 16.2. The number of hydrogen-bond acceptors (Lipinski definition) is 4. The van der Waals surface area contributed by atoms with E-state index in [1.165, 1.54) is 0 Å². The van der Waals surface area contributed by atoms with Gasteiger partial charge in [-0.05, 0) is 26.0 Å². The van der Waals surface area contributed by atoms with E-state index in [0.717, 1.165) is 23.9 Å². The lowest BCUT2D eigenvalue weighted by Crippen LogP contribution is -2.47. The van der Waals surface area contributed by atoms with Gasteiger partial charge in [0.25, 0.3) is 0 Å². The number of carboxylic acid groups (broad SMARTS) is 1. The molecule has 0 saturated heterocycles. The van der Waals surface area contributed by atoms with Gasteiger partial charge in [-0.25, -0.2) is 8.78 Å². The van der Waals surface area contributed by atoms with Gasteiger partial charge in [-0.1, -0.05) is 0 Å². The number of amides is 1. The van der Waals surface area contributed by atoms with Crippen LogP contribution in [0.4, 0.5) is 14.5 Å². The molecule has 21 heavy (non-hydrogen) atoms. The third kappa shape index (κ3) is 5.31. The number of benzene rings is 1. The fraction of sp³-hybridized carbons (Fsp3) is 0.385. The van der Waals surface area contributed by atoms with Crippen molar-refractivity contribution in [2.24, 2.45) is 5.73 Å². The normalized spacial score (nSPS) is 12.8. The molecule has 0 unspecified atom stereocenters. The molecule has 0 radical (unpaired) electrons. The second kappa shape index (κ2) is 6.86. The summed E-state index contributed by atoms with van der Waals surface area (Å²) in [6.07, 6.45) is 0. The summed E-state index contributed by atoms with van der Waals surface area (Å²) in [6, 6.07) is 1.53. The number of nitrogens with two attached hydrogens (primary N) is 1. The van der Waals surface area contributed by atoms with Gasteiger partial charge in [0.15, 0.2) is 0 Å². The molecule has 1 aromatic carbocycles. The predicted octanol–water partition coefficient (Wildman–Crippen LogP) is 1.83. The molecule has 1 rings (SSSR count). The summed E-state index contributed by atoms with van der Waals surface area (Å²) in [5.41, 5.74) is 5.52. The lowest BCUT2D eigenvalue weighted by atomic mass is 10.1. The van der Waals surface area contributed by atoms with Gasteiger partial charge in [0, 0.05) is 16.5 Å². The van der Waals surface area contributed by atoms with Crippen LogP contribution in [0.5, 0.6) is 0 Å². The van der Waals surface area contributed by atoms with Crippen molar-refractivity contribution >= 4 is 29.3 Å². The molecule has 0 saturated carbocycles. The average Bonchev–Trinajstić information content (AvgIpc) is 2.34. The Bertz CT molecular complexity index is 532. The number of carboxylic acids is 1. The first-order valence-electron chi connectivity index (χ1n) is 6.00. The van der Waals surface area contributed by atoms with Gasteiger partial charge in [-0.3, -0.25) is 9.59 Å². The van der Waals surface area contributed by atoms with Crippen molar-refractivity contribution in [3.8, 4) is 0 Å². The summed E-state index contributed by atoms with van der Waals surface area (Å²) in [4.78, 5) is 22.5. The molecule has 0 aliphatic heterocycles. The molecule has 0 fully saturated rings. The van der Waals surface area contributed by atoms with Crippen LogP contribution in [0.2, 0.25) is 0 Å². The van der Waals surface area contributed by atoms with E-state index < -0.39 is 34.3 Å². The van der Waals surface area contributed by atoms with Crippen LogP contribution in [0, 0.1) is 11.6 Å². The van der Waals surface area contributed by atoms with Crippen LogP contribution in [-0.4, -0.2) is 33.5 Å². The van der Waals surface area contributed by atoms with Crippen molar-refractivity contribution in [2.45, 2.75) is 24.6 Å². The first-order chi connectivity index (χ1) is 9.61. The zero-order valence-electron chi connectivity index (χ0n) is 11.5. The molecule has 4 N–H and O–H groups in total. The lowest BCUT2D eigenvalue weighted by molar-refractivity contribution is -0.139. The third-order valence-electron chi connectivity index (χ3n) is 2.74. The highest BCUT2D eigenvalue weighted by molar-refractivity contribution is 8.01. The first-order valence-corrected chi connectivity index (χ1v) is 6.98. The van der Waals surface area contributed by atoms with E-state index in [1.54, 1.807) is 13.8 Å². The van der Waals surface area contributed by atoms with Gasteiger partial charge < -0.3 is 16.2 Å². The molecular weight excluding hydrogens is 302 g/mol. The number of hydrogen-bond donors (Lipinski definition) is 3. The van der Waals surface area contributed by atoms with E-state index in [-0.39, 0.29) is 11.4 Å². The molecule has 0 heterocycles. The molecular formula is C13H16F2N2O3S. The highest BCUT2D eigenvalue weighted by Crippen LogP contribution is 2.27. The fourth-order valence-corrected chi connectivity index (χ4v) is 2.32. The van der Waals surface area contributed by atoms with Gasteiger partial charge >= 0.3 is 5.97 Å². The summed E-state index contributed by atoms with van der Waals surface area (Å²) in [5.74, 6) is -3.36. The summed E-state index contributed by atoms with van der Waals surface area (Å²) in [7, 11) is 0. The molecule has 8 heteroatoms. The minimum absolute atomic E-state index is 0.00145. The van der Waals surface area contributed by atoms with Crippen molar-refractivity contribution in [3.63, 3.8) is 0 Å². The maximum atomic E-state index is 13.0. The Balaban J connectivity index is 2.60. The van der Waals surface area contributed by atoms with Gasteiger partial charge in [-0.15, -0.1) is 11.8 Å². The minimum Gasteiger partial charge on any atom is -0.480 e. The van der Waals surface area contributed by atoms with Crippen LogP contribution in [0.3, 0.4) is 0 Å². The number of rotatable bonds is 6. The van der Waals surface area contributed by atoms with Gasteiger partial charge in [0.05, 0.1) is 5.75 Å². The van der Waals surface area contributed by atoms with Crippen molar-refractivity contribution in [3.05, 3.63) is 29.8 Å². The number of thioether (sulfide) groups is 1. The van der Waals surface area contributed by atoms with E-state index in [9.17, 15) is 18.4 Å². The van der Waals surface area contributed by atoms with Crippen LogP contribution in [0.15, 0.2) is 18.2 Å². The summed E-state index contributed by atoms with van der Waals surface area (Å²) >= 11 is 1.05. The van der Waals surface area contributed by atoms with Crippen LogP contribution >= 0.6 is 11.8 Å². The molecule has 0 aromatic heterocycles. The third-order valence-corrected chi connectivity index (χ3v) is 4.14. The summed E-state index contributed by atoms with van der Waals surface area (Å²) in [5, 5.41) is 11.2. The first kappa shape index (κ1) is 17.4. The second-order valence-electron chi connectivity index (χ2n) is 4.91. The van der Waals surface area contributed by atoms with Crippen LogP contribution < -0.4 is 11.1 Å². The Labute approximate surface area is 124 Å². The Morgan fingerprint density at radius 1 is 1.33 bits per heavy atom. The van der Waals surface area contributed by atoms with E-state index >= 15 is 0 Å². The van der Waals surface area contributed by atoms with E-state index in [4.69, 9.17) is 10.8 Å². The fourth-order valence-electron chi connectivity index (χ4n) is 1.46. The highest BCUT2D eigenvalue weighted by Gasteiger charge is 2.33. The number of anilines is 1. The molecule has 116 valence electrons. The van der Waals surface area contributed by atoms with Crippen molar-refractivity contribution in [1.29, 1.82) is 0 Å². The largest absolute Gasteiger partial charge is 0.480 e. The molecule has 0 aliphatic carbocycles. The molecule has 0 spiro atoms. The van der Waals surface area contributed by atoms with Crippen molar-refractivity contribution in [1.82, 2.24) is 0 Å². The Morgan fingerprint density at radius 2 is 1.86 bits per heavy atom. The number of carbonyl (C=O) groups excluding carboxylic acids is 1. The van der Waals surface area contributed by atoms with E-state index in [0.29, 0.717) is 6.07 Å². The standard InChI is InChI=1S/C13H16F2N2O3S/c1-13(2,11(16)12(19)20)21-6-10(18)17-9-4-7(14)3-8(15)5-9/h3-5,11H,6,16H2,1-2H3,(H,17,18)(H,19,20)/t11-/m1/s1. The van der Waals surface area contributed by atoms with Crippen LogP contribution in [-0.2, 0) is 9.59 Å². The maximum absolute atomic E-state index is 13.0. The average molecular weight is 318 g/mol. The van der Waals surface area contributed by atoms with Crippen LogP contribution in [0.1, 0.15) is 13.8 Å². The van der Waals surface area contributed by atoms with Crippen molar-refractivity contribution < 1.29 is 23.5 Å². The van der Waals surface area contributed by atoms with Crippen molar-refractivity contribution in [2.75, 3.05) is 11.1 Å². The molecule has 0 bridgehead atoms. The summed E-state index contributed by atoms with van der Waals surface area (Å²) in [6.45, 7) is 3.21. The Kier molecular flexibility index (Phi) is 5.68. The molecule has 0 aliphatic rings. The SMILES string of the molecule is CC(C)(SCC(=O)Nc1cc(F)cc(F)c1)[C@H](N)C(=O)O. The highest BCUT2D eigenvalue weighted by atomic mass is 32.2. The van der Waals surface area contributed by atoms with E-state index in [2.05, 4.69) is 5.32 Å². The number of halogens is 2. The van der Waals surface area contributed by atoms with Crippen LogP contribution in [0.25, 0.3) is 0 Å². The lowest BCUT2D eigenvalue weighted by Gasteiger charge is -2.27. The Hall–Kier alpha value is -1.67. The zero-order valence-corrected chi connectivity index (χ0v) is 12.3. The maximum Gasteiger partial charge on any atom is 0.321 e. The minimum atomic E-state index is -1.17. The molecule has 5 nitrogen and oxygen atoms in total. The number of aliphatic carboxylic acids is 1. The second-order valence-corrected chi connectivity index (χ2v) is 6.54.